The predicted octanol–water partition coefficient (Wildman–Crippen LogP) is 2.68. The minimum Gasteiger partial charge on any atom is -0.488 e. The number of aliphatic hydroxyl groups is 1. The van der Waals surface area contributed by atoms with Crippen LogP contribution >= 0.6 is 11.3 Å². The number of nitrogens with two attached hydrogens (primary N) is 1. The number of hydrogen-bond donors (Lipinski definition) is 3. The Morgan fingerprint density at radius 3 is 2.73 bits per heavy atom. The summed E-state index contributed by atoms with van der Waals surface area (Å²) in [6.07, 6.45) is -1.42. The van der Waals surface area contributed by atoms with Gasteiger partial charge < -0.3 is 25.3 Å². The lowest BCUT2D eigenvalue weighted by Gasteiger charge is -2.24. The van der Waals surface area contributed by atoms with Crippen LogP contribution in [0.5, 0.6) is 5.75 Å². The third kappa shape index (κ3) is 4.26. The smallest absolute Gasteiger partial charge is 0.296 e. The number of halogens is 2. The van der Waals surface area contributed by atoms with E-state index in [2.05, 4.69) is 10.3 Å². The maximum atomic E-state index is 13.5. The Morgan fingerprint density at radius 2 is 2.17 bits per heavy atom. The Balaban J connectivity index is 1.97. The molecule has 3 rings (SSSR count). The van der Waals surface area contributed by atoms with Crippen LogP contribution in [-0.4, -0.2) is 34.1 Å². The van der Waals surface area contributed by atoms with Gasteiger partial charge in [0.05, 0.1) is 22.1 Å². The van der Waals surface area contributed by atoms with Crippen molar-refractivity contribution in [1.82, 2.24) is 10.3 Å². The lowest BCUT2D eigenvalue weighted by atomic mass is 10.0. The molecule has 0 aliphatic heterocycles. The fourth-order valence-corrected chi connectivity index (χ4v) is 3.40. The SMILES string of the molecule is Cc1ncc(COc2ccc3oc(C(F)F)c(C(=O)N[C@@](C)(CO)C(N)=O)c3c2)s1. The minimum absolute atomic E-state index is 0.0428. The zero-order chi connectivity index (χ0) is 22.1. The van der Waals surface area contributed by atoms with E-state index >= 15 is 0 Å². The summed E-state index contributed by atoms with van der Waals surface area (Å²) in [5.41, 5.74) is 2.95. The molecular weight excluding hydrogens is 420 g/mol. The van der Waals surface area contributed by atoms with E-state index in [9.17, 15) is 23.5 Å². The zero-order valence-corrected chi connectivity index (χ0v) is 16.9. The molecule has 30 heavy (non-hydrogen) atoms. The number of aryl methyl sites for hydroxylation is 1. The second-order valence-electron chi connectivity index (χ2n) is 6.74. The molecule has 0 saturated carbocycles. The summed E-state index contributed by atoms with van der Waals surface area (Å²) in [5, 5.41) is 12.6. The number of alkyl halides is 2. The molecule has 2 heterocycles. The summed E-state index contributed by atoms with van der Waals surface area (Å²) in [5.74, 6) is -2.59. The predicted molar refractivity (Wildman–Crippen MR) is 105 cm³/mol. The van der Waals surface area contributed by atoms with Gasteiger partial charge in [-0.3, -0.25) is 9.59 Å². The van der Waals surface area contributed by atoms with Gasteiger partial charge in [-0.05, 0) is 32.0 Å². The van der Waals surface area contributed by atoms with Gasteiger partial charge in [0.1, 0.15) is 23.5 Å². The van der Waals surface area contributed by atoms with Gasteiger partial charge in [0.15, 0.2) is 5.76 Å². The van der Waals surface area contributed by atoms with E-state index in [1.165, 1.54) is 36.5 Å². The van der Waals surface area contributed by atoms with Crippen molar-refractivity contribution in [2.45, 2.75) is 32.4 Å². The van der Waals surface area contributed by atoms with Crippen LogP contribution in [-0.2, 0) is 11.4 Å². The summed E-state index contributed by atoms with van der Waals surface area (Å²) in [6, 6.07) is 4.33. The average Bonchev–Trinajstić information content (AvgIpc) is 3.29. The molecule has 3 aromatic rings. The molecule has 2 amide bonds. The molecule has 11 heteroatoms. The monoisotopic (exact) mass is 439 g/mol. The van der Waals surface area contributed by atoms with E-state index in [1.54, 1.807) is 6.20 Å². The normalized spacial score (nSPS) is 13.4. The maximum Gasteiger partial charge on any atom is 0.296 e. The van der Waals surface area contributed by atoms with Crippen molar-refractivity contribution in [2.24, 2.45) is 5.73 Å². The molecule has 0 bridgehead atoms. The number of rotatable bonds is 8. The average molecular weight is 439 g/mol. The quantitative estimate of drug-likeness (QED) is 0.495. The number of carbonyl (C=O) groups excluding carboxylic acids is 2. The van der Waals surface area contributed by atoms with Gasteiger partial charge in [-0.1, -0.05) is 0 Å². The summed E-state index contributed by atoms with van der Waals surface area (Å²) < 4.78 is 37.9. The van der Waals surface area contributed by atoms with Crippen molar-refractivity contribution in [1.29, 1.82) is 0 Å². The number of carbonyl (C=O) groups is 2. The van der Waals surface area contributed by atoms with Crippen LogP contribution in [0.3, 0.4) is 0 Å². The van der Waals surface area contributed by atoms with Gasteiger partial charge >= 0.3 is 0 Å². The van der Waals surface area contributed by atoms with Crippen molar-refractivity contribution in [3.63, 3.8) is 0 Å². The third-order valence-corrected chi connectivity index (χ3v) is 5.30. The van der Waals surface area contributed by atoms with E-state index in [0.29, 0.717) is 5.75 Å². The Kier molecular flexibility index (Phi) is 6.04. The van der Waals surface area contributed by atoms with Crippen LogP contribution in [0.25, 0.3) is 11.0 Å². The lowest BCUT2D eigenvalue weighted by molar-refractivity contribution is -0.124. The minimum atomic E-state index is -3.09. The topological polar surface area (TPSA) is 128 Å². The van der Waals surface area contributed by atoms with Gasteiger partial charge in [-0.15, -0.1) is 11.3 Å². The number of ether oxygens (including phenoxy) is 1. The fourth-order valence-electron chi connectivity index (χ4n) is 2.69. The Morgan fingerprint density at radius 1 is 1.43 bits per heavy atom. The summed E-state index contributed by atoms with van der Waals surface area (Å²) in [6.45, 7) is 2.44. The number of benzene rings is 1. The summed E-state index contributed by atoms with van der Waals surface area (Å²) >= 11 is 1.45. The molecule has 0 unspecified atom stereocenters. The van der Waals surface area contributed by atoms with Crippen LogP contribution in [0.2, 0.25) is 0 Å². The third-order valence-electron chi connectivity index (χ3n) is 4.41. The van der Waals surface area contributed by atoms with E-state index in [0.717, 1.165) is 9.88 Å². The van der Waals surface area contributed by atoms with Crippen LogP contribution in [0.15, 0.2) is 28.8 Å². The van der Waals surface area contributed by atoms with Crippen molar-refractivity contribution in [3.8, 4) is 5.75 Å². The number of aromatic nitrogens is 1. The summed E-state index contributed by atoms with van der Waals surface area (Å²) in [4.78, 5) is 29.3. The molecule has 8 nitrogen and oxygen atoms in total. The van der Waals surface area contributed by atoms with E-state index in [-0.39, 0.29) is 17.6 Å². The molecule has 1 aromatic carbocycles. The van der Waals surface area contributed by atoms with Crippen LogP contribution in [0.4, 0.5) is 8.78 Å². The van der Waals surface area contributed by atoms with Gasteiger partial charge in [0, 0.05) is 11.6 Å². The zero-order valence-electron chi connectivity index (χ0n) is 16.1. The van der Waals surface area contributed by atoms with Crippen LogP contribution in [0, 0.1) is 6.92 Å². The second kappa shape index (κ2) is 8.36. The standard InChI is InChI=1S/C19H19F2N3O5S/c1-9-23-6-11(30-9)7-28-10-3-4-13-12(5-10)14(15(29-13)16(20)21)17(26)24-19(2,8-25)18(22)27/h3-6,16,25H,7-8H2,1-2H3,(H2,22,27)(H,24,26)/t19-/m0/s1. The number of aliphatic hydroxyl groups excluding tert-OH is 1. The van der Waals surface area contributed by atoms with E-state index < -0.39 is 41.7 Å². The molecule has 160 valence electrons. The summed E-state index contributed by atoms with van der Waals surface area (Å²) in [7, 11) is 0. The highest BCUT2D eigenvalue weighted by Crippen LogP contribution is 2.35. The highest BCUT2D eigenvalue weighted by atomic mass is 32.1. The molecule has 0 aliphatic carbocycles. The fraction of sp³-hybridized carbons (Fsp3) is 0.316. The highest BCUT2D eigenvalue weighted by molar-refractivity contribution is 7.11. The molecule has 0 spiro atoms. The number of amides is 2. The number of fused-ring (bicyclic) bond motifs is 1. The second-order valence-corrected chi connectivity index (χ2v) is 8.06. The first kappa shape index (κ1) is 21.7. The number of furan rings is 1. The number of primary amides is 1. The first-order valence-electron chi connectivity index (χ1n) is 8.76. The molecule has 0 radical (unpaired) electrons. The lowest BCUT2D eigenvalue weighted by Crippen LogP contribution is -2.57. The van der Waals surface area contributed by atoms with Gasteiger partial charge in [-0.25, -0.2) is 13.8 Å². The van der Waals surface area contributed by atoms with Gasteiger partial charge in [-0.2, -0.15) is 0 Å². The molecule has 2 aromatic heterocycles. The number of thiazole rings is 1. The molecular formula is C19H19F2N3O5S. The van der Waals surface area contributed by atoms with Gasteiger partial charge in [0.25, 0.3) is 12.3 Å². The number of nitrogens with one attached hydrogen (secondary N) is 1. The highest BCUT2D eigenvalue weighted by Gasteiger charge is 2.35. The van der Waals surface area contributed by atoms with Crippen molar-refractivity contribution < 1.29 is 32.6 Å². The first-order valence-corrected chi connectivity index (χ1v) is 9.58. The molecule has 0 fully saturated rings. The van der Waals surface area contributed by atoms with Crippen LogP contribution < -0.4 is 15.8 Å². The van der Waals surface area contributed by atoms with Crippen molar-refractivity contribution in [3.05, 3.63) is 45.6 Å². The van der Waals surface area contributed by atoms with Crippen LogP contribution in [0.1, 0.15) is 39.4 Å². The Hall–Kier alpha value is -3.05. The maximum absolute atomic E-state index is 13.5. The van der Waals surface area contributed by atoms with Gasteiger partial charge in [0.2, 0.25) is 5.91 Å². The Bertz CT molecular complexity index is 1100. The van der Waals surface area contributed by atoms with E-state index in [1.807, 2.05) is 6.92 Å². The Labute approximate surface area is 173 Å². The van der Waals surface area contributed by atoms with Crippen molar-refractivity contribution in [2.75, 3.05) is 6.61 Å². The molecule has 0 aliphatic rings. The first-order chi connectivity index (χ1) is 14.1. The van der Waals surface area contributed by atoms with E-state index in [4.69, 9.17) is 14.9 Å². The van der Waals surface area contributed by atoms with Crippen molar-refractivity contribution >= 4 is 34.1 Å². The molecule has 4 N–H and O–H groups in total. The molecule has 0 saturated heterocycles. The molecule has 1 atom stereocenters. The largest absolute Gasteiger partial charge is 0.488 e. The number of hydrogen-bond acceptors (Lipinski definition) is 7. The number of nitrogens with zero attached hydrogens (tertiary/aromatic N) is 1.